The molecule has 3 rings (SSSR count). The van der Waals surface area contributed by atoms with Crippen molar-refractivity contribution >= 4 is 21.7 Å². The summed E-state index contributed by atoms with van der Waals surface area (Å²) < 4.78 is 0.550. The lowest BCUT2D eigenvalue weighted by molar-refractivity contribution is 0.566. The van der Waals surface area contributed by atoms with Crippen LogP contribution in [0.5, 0.6) is 0 Å². The predicted octanol–water partition coefficient (Wildman–Crippen LogP) is 1.50. The van der Waals surface area contributed by atoms with Crippen LogP contribution >= 0.6 is 15.9 Å². The SMILES string of the molecule is O=c1[nH]cnc(N(CC2CC2)CC2CCCN2)c1Br. The van der Waals surface area contributed by atoms with Crippen molar-refractivity contribution in [3.8, 4) is 0 Å². The van der Waals surface area contributed by atoms with Crippen molar-refractivity contribution in [2.45, 2.75) is 31.7 Å². The largest absolute Gasteiger partial charge is 0.354 e. The molecule has 1 saturated carbocycles. The summed E-state index contributed by atoms with van der Waals surface area (Å²) in [6.45, 7) is 3.05. The van der Waals surface area contributed by atoms with Crippen molar-refractivity contribution in [1.82, 2.24) is 15.3 Å². The van der Waals surface area contributed by atoms with Crippen LogP contribution in [0.2, 0.25) is 0 Å². The maximum absolute atomic E-state index is 11.7. The highest BCUT2D eigenvalue weighted by molar-refractivity contribution is 9.10. The summed E-state index contributed by atoms with van der Waals surface area (Å²) in [5, 5.41) is 3.51. The van der Waals surface area contributed by atoms with Crippen LogP contribution in [0, 0.1) is 5.92 Å². The molecule has 0 aromatic carbocycles. The first kappa shape index (κ1) is 13.1. The Balaban J connectivity index is 1.80. The maximum Gasteiger partial charge on any atom is 0.267 e. The molecule has 1 aromatic rings. The van der Waals surface area contributed by atoms with E-state index in [0.29, 0.717) is 10.5 Å². The van der Waals surface area contributed by atoms with E-state index in [9.17, 15) is 4.79 Å². The summed E-state index contributed by atoms with van der Waals surface area (Å²) in [6.07, 6.45) is 6.54. The van der Waals surface area contributed by atoms with E-state index < -0.39 is 0 Å². The van der Waals surface area contributed by atoms with Crippen LogP contribution in [0.25, 0.3) is 0 Å². The number of aromatic nitrogens is 2. The third-order valence-corrected chi connectivity index (χ3v) is 4.57. The Hall–Kier alpha value is -0.880. The first-order valence-electron chi connectivity index (χ1n) is 6.95. The van der Waals surface area contributed by atoms with Crippen molar-refractivity contribution in [3.05, 3.63) is 21.2 Å². The molecule has 2 fully saturated rings. The fraction of sp³-hybridized carbons (Fsp3) is 0.692. The van der Waals surface area contributed by atoms with E-state index in [1.54, 1.807) is 0 Å². The molecule has 1 aliphatic heterocycles. The summed E-state index contributed by atoms with van der Waals surface area (Å²) >= 11 is 3.37. The van der Waals surface area contributed by atoms with Crippen molar-refractivity contribution in [2.75, 3.05) is 24.5 Å². The standard InChI is InChI=1S/C13H19BrN4O/c14-11-12(16-8-17-13(11)19)18(6-9-3-4-9)7-10-2-1-5-15-10/h8-10,15H,1-7H2,(H,16,17,19). The second kappa shape index (κ2) is 5.63. The molecule has 104 valence electrons. The Bertz CT molecular complexity index is 494. The van der Waals surface area contributed by atoms with Crippen LogP contribution in [0.4, 0.5) is 5.82 Å². The van der Waals surface area contributed by atoms with Crippen molar-refractivity contribution < 1.29 is 0 Å². The van der Waals surface area contributed by atoms with E-state index in [-0.39, 0.29) is 5.56 Å². The molecule has 1 aromatic heterocycles. The van der Waals surface area contributed by atoms with Crippen LogP contribution in [0.3, 0.4) is 0 Å². The average molecular weight is 327 g/mol. The number of H-pyrrole nitrogens is 1. The Morgan fingerprint density at radius 1 is 1.37 bits per heavy atom. The van der Waals surface area contributed by atoms with Crippen LogP contribution < -0.4 is 15.8 Å². The number of aromatic amines is 1. The van der Waals surface area contributed by atoms with Crippen molar-refractivity contribution in [3.63, 3.8) is 0 Å². The molecule has 19 heavy (non-hydrogen) atoms. The number of anilines is 1. The Morgan fingerprint density at radius 3 is 2.89 bits per heavy atom. The number of hydrogen-bond donors (Lipinski definition) is 2. The number of hydrogen-bond acceptors (Lipinski definition) is 4. The first-order valence-corrected chi connectivity index (χ1v) is 7.75. The normalized spacial score (nSPS) is 22.7. The summed E-state index contributed by atoms with van der Waals surface area (Å²) in [5.74, 6) is 1.55. The van der Waals surface area contributed by atoms with E-state index in [1.807, 2.05) is 0 Å². The summed E-state index contributed by atoms with van der Waals surface area (Å²) in [6, 6.07) is 0.520. The van der Waals surface area contributed by atoms with E-state index in [4.69, 9.17) is 0 Å². The molecule has 0 radical (unpaired) electrons. The molecule has 5 nitrogen and oxygen atoms in total. The minimum absolute atomic E-state index is 0.106. The third-order valence-electron chi connectivity index (χ3n) is 3.86. The van der Waals surface area contributed by atoms with Gasteiger partial charge in [-0.1, -0.05) is 0 Å². The van der Waals surface area contributed by atoms with Gasteiger partial charge in [-0.05, 0) is 54.1 Å². The molecule has 6 heteroatoms. The zero-order chi connectivity index (χ0) is 13.2. The van der Waals surface area contributed by atoms with Crippen LogP contribution in [0.1, 0.15) is 25.7 Å². The molecular weight excluding hydrogens is 308 g/mol. The number of nitrogens with one attached hydrogen (secondary N) is 2. The lowest BCUT2D eigenvalue weighted by Crippen LogP contribution is -2.40. The topological polar surface area (TPSA) is 61.0 Å². The molecule has 2 aliphatic rings. The van der Waals surface area contributed by atoms with Gasteiger partial charge in [0, 0.05) is 19.1 Å². The van der Waals surface area contributed by atoms with E-state index >= 15 is 0 Å². The van der Waals surface area contributed by atoms with Gasteiger partial charge in [-0.2, -0.15) is 0 Å². The zero-order valence-electron chi connectivity index (χ0n) is 10.9. The first-order chi connectivity index (χ1) is 9.24. The van der Waals surface area contributed by atoms with E-state index in [0.717, 1.165) is 31.4 Å². The Labute approximate surface area is 120 Å². The smallest absolute Gasteiger partial charge is 0.267 e. The summed E-state index contributed by atoms with van der Waals surface area (Å²) in [4.78, 5) is 20.9. The lowest BCUT2D eigenvalue weighted by atomic mass is 10.2. The average Bonchev–Trinajstić information content (AvgIpc) is 3.06. The van der Waals surface area contributed by atoms with Crippen molar-refractivity contribution in [1.29, 1.82) is 0 Å². The number of halogens is 1. The molecule has 1 saturated heterocycles. The van der Waals surface area contributed by atoms with Gasteiger partial charge in [-0.25, -0.2) is 4.98 Å². The lowest BCUT2D eigenvalue weighted by Gasteiger charge is -2.27. The molecule has 2 N–H and O–H groups in total. The summed E-state index contributed by atoms with van der Waals surface area (Å²) in [7, 11) is 0. The number of rotatable bonds is 5. The molecule has 1 atom stereocenters. The monoisotopic (exact) mass is 326 g/mol. The number of nitrogens with zero attached hydrogens (tertiary/aromatic N) is 2. The van der Waals surface area contributed by atoms with Gasteiger partial charge in [0.1, 0.15) is 10.3 Å². The highest BCUT2D eigenvalue weighted by Crippen LogP contribution is 2.32. The third kappa shape index (κ3) is 3.17. The Kier molecular flexibility index (Phi) is 3.88. The van der Waals surface area contributed by atoms with Gasteiger partial charge in [-0.3, -0.25) is 4.79 Å². The quantitative estimate of drug-likeness (QED) is 0.860. The second-order valence-corrected chi connectivity index (χ2v) is 6.30. The van der Waals surface area contributed by atoms with E-state index in [2.05, 4.69) is 36.1 Å². The van der Waals surface area contributed by atoms with Gasteiger partial charge in [-0.15, -0.1) is 0 Å². The molecule has 2 heterocycles. The fourth-order valence-corrected chi connectivity index (χ4v) is 3.10. The fourth-order valence-electron chi connectivity index (χ4n) is 2.63. The van der Waals surface area contributed by atoms with Gasteiger partial charge in [0.05, 0.1) is 6.33 Å². The summed E-state index contributed by atoms with van der Waals surface area (Å²) in [5.41, 5.74) is -0.106. The zero-order valence-corrected chi connectivity index (χ0v) is 12.4. The molecule has 0 spiro atoms. The molecule has 0 amide bonds. The Morgan fingerprint density at radius 2 is 2.21 bits per heavy atom. The highest BCUT2D eigenvalue weighted by atomic mass is 79.9. The van der Waals surface area contributed by atoms with Crippen LogP contribution in [-0.2, 0) is 0 Å². The second-order valence-electron chi connectivity index (χ2n) is 5.51. The van der Waals surface area contributed by atoms with Crippen LogP contribution in [-0.4, -0.2) is 35.6 Å². The molecule has 0 bridgehead atoms. The van der Waals surface area contributed by atoms with Gasteiger partial charge in [0.15, 0.2) is 0 Å². The maximum atomic E-state index is 11.7. The highest BCUT2D eigenvalue weighted by Gasteiger charge is 2.28. The van der Waals surface area contributed by atoms with Crippen LogP contribution in [0.15, 0.2) is 15.6 Å². The van der Waals surface area contributed by atoms with Gasteiger partial charge < -0.3 is 15.2 Å². The van der Waals surface area contributed by atoms with Gasteiger partial charge >= 0.3 is 0 Å². The minimum atomic E-state index is -0.106. The molecule has 1 unspecified atom stereocenters. The molecular formula is C13H19BrN4O. The van der Waals surface area contributed by atoms with E-state index in [1.165, 1.54) is 32.0 Å². The molecule has 1 aliphatic carbocycles. The van der Waals surface area contributed by atoms with Crippen molar-refractivity contribution in [2.24, 2.45) is 5.92 Å². The van der Waals surface area contributed by atoms with Gasteiger partial charge in [0.2, 0.25) is 0 Å². The minimum Gasteiger partial charge on any atom is -0.354 e. The predicted molar refractivity (Wildman–Crippen MR) is 78.5 cm³/mol. The van der Waals surface area contributed by atoms with Gasteiger partial charge in [0.25, 0.3) is 5.56 Å².